The molecule has 0 heterocycles. The zero-order valence-corrected chi connectivity index (χ0v) is 6.29. The summed E-state index contributed by atoms with van der Waals surface area (Å²) in [5.41, 5.74) is 0. The second-order valence-electron chi connectivity index (χ2n) is 2.02. The van der Waals surface area contributed by atoms with Crippen LogP contribution in [0.5, 0.6) is 0 Å². The fourth-order valence-electron chi connectivity index (χ4n) is 0.561. The summed E-state index contributed by atoms with van der Waals surface area (Å²) in [4.78, 5) is 0. The highest BCUT2D eigenvalue weighted by Gasteiger charge is 2.27. The number of hydrogen-bond donors (Lipinski definition) is 1. The lowest BCUT2D eigenvalue weighted by atomic mass is 10.3. The fourth-order valence-corrected chi connectivity index (χ4v) is 0.561. The summed E-state index contributed by atoms with van der Waals surface area (Å²) in [6, 6.07) is 0. The maximum absolute atomic E-state index is 12.4. The molecule has 0 radical (unpaired) electrons. The first-order chi connectivity index (χ1) is 4.62. The van der Waals surface area contributed by atoms with E-state index in [1.165, 1.54) is 7.05 Å². The first-order valence-corrected chi connectivity index (χ1v) is 3.22. The molecule has 0 saturated carbocycles. The average Bonchev–Trinajstić information content (AvgIpc) is 1.84. The normalized spacial score (nSPS) is 12.0. The van der Waals surface area contributed by atoms with Crippen LogP contribution >= 0.6 is 0 Å². The van der Waals surface area contributed by atoms with Crippen molar-refractivity contribution in [1.29, 1.82) is 0 Å². The van der Waals surface area contributed by atoms with Gasteiger partial charge < -0.3 is 10.1 Å². The van der Waals surface area contributed by atoms with E-state index in [-0.39, 0.29) is 6.54 Å². The molecule has 0 unspecified atom stereocenters. The van der Waals surface area contributed by atoms with Crippen LogP contribution in [0.2, 0.25) is 0 Å². The fraction of sp³-hybridized carbons (Fsp3) is 1.00. The van der Waals surface area contributed by atoms with Crippen LogP contribution in [0.1, 0.15) is 6.92 Å². The Bertz CT molecular complexity index is 87.8. The first kappa shape index (κ1) is 9.78. The molecule has 0 saturated heterocycles. The van der Waals surface area contributed by atoms with Crippen molar-refractivity contribution in [1.82, 2.24) is 5.32 Å². The number of alkyl halides is 2. The molecule has 0 spiro atoms. The van der Waals surface area contributed by atoms with E-state index in [9.17, 15) is 8.78 Å². The lowest BCUT2D eigenvalue weighted by Gasteiger charge is -2.14. The van der Waals surface area contributed by atoms with Gasteiger partial charge in [-0.2, -0.15) is 0 Å². The highest BCUT2D eigenvalue weighted by atomic mass is 19.3. The van der Waals surface area contributed by atoms with E-state index >= 15 is 0 Å². The largest absolute Gasteiger partial charge is 0.375 e. The van der Waals surface area contributed by atoms with Crippen LogP contribution in [0.25, 0.3) is 0 Å². The van der Waals surface area contributed by atoms with E-state index in [0.29, 0.717) is 6.61 Å². The molecule has 0 aliphatic rings. The second-order valence-corrected chi connectivity index (χ2v) is 2.02. The van der Waals surface area contributed by atoms with Gasteiger partial charge in [0, 0.05) is 6.61 Å². The zero-order valence-electron chi connectivity index (χ0n) is 6.29. The van der Waals surface area contributed by atoms with Crippen molar-refractivity contribution in [2.24, 2.45) is 0 Å². The predicted octanol–water partition coefficient (Wildman–Crippen LogP) is 0.878. The molecule has 0 aromatic carbocycles. The van der Waals surface area contributed by atoms with Crippen molar-refractivity contribution >= 4 is 0 Å². The van der Waals surface area contributed by atoms with Crippen molar-refractivity contribution in [3.05, 3.63) is 0 Å². The molecule has 62 valence electrons. The third-order valence-corrected chi connectivity index (χ3v) is 0.953. The molecule has 2 nitrogen and oxygen atoms in total. The Hall–Kier alpha value is -0.220. The summed E-state index contributed by atoms with van der Waals surface area (Å²) < 4.78 is 29.4. The molecule has 0 amide bonds. The molecule has 0 aromatic heterocycles. The Morgan fingerprint density at radius 1 is 1.50 bits per heavy atom. The van der Waals surface area contributed by atoms with E-state index in [2.05, 4.69) is 10.1 Å². The molecule has 0 aromatic rings. The van der Waals surface area contributed by atoms with Gasteiger partial charge in [0.2, 0.25) is 0 Å². The van der Waals surface area contributed by atoms with Gasteiger partial charge in [0.05, 0.1) is 6.54 Å². The molecular weight excluding hydrogens is 140 g/mol. The van der Waals surface area contributed by atoms with Gasteiger partial charge in [0.15, 0.2) is 0 Å². The van der Waals surface area contributed by atoms with E-state index in [4.69, 9.17) is 0 Å². The lowest BCUT2D eigenvalue weighted by Crippen LogP contribution is -2.35. The number of rotatable bonds is 5. The number of ether oxygens (including phenoxy) is 1. The highest BCUT2D eigenvalue weighted by molar-refractivity contribution is 4.66. The van der Waals surface area contributed by atoms with Crippen molar-refractivity contribution in [3.63, 3.8) is 0 Å². The molecule has 1 N–H and O–H groups in total. The molecular formula is C6H13F2NO. The number of nitrogens with one attached hydrogen (secondary N) is 1. The van der Waals surface area contributed by atoms with Crippen molar-refractivity contribution in [2.45, 2.75) is 12.8 Å². The quantitative estimate of drug-likeness (QED) is 0.633. The number of halogens is 2. The Labute approximate surface area is 59.6 Å². The van der Waals surface area contributed by atoms with Crippen LogP contribution in [0.3, 0.4) is 0 Å². The summed E-state index contributed by atoms with van der Waals surface area (Å²) >= 11 is 0. The van der Waals surface area contributed by atoms with Gasteiger partial charge >= 0.3 is 0 Å². The van der Waals surface area contributed by atoms with E-state index < -0.39 is 12.5 Å². The van der Waals surface area contributed by atoms with Crippen LogP contribution in [0.4, 0.5) is 8.78 Å². The maximum Gasteiger partial charge on any atom is 0.283 e. The van der Waals surface area contributed by atoms with E-state index in [0.717, 1.165) is 0 Å². The van der Waals surface area contributed by atoms with Crippen LogP contribution in [-0.4, -0.2) is 32.7 Å². The monoisotopic (exact) mass is 153 g/mol. The third kappa shape index (κ3) is 4.64. The third-order valence-electron chi connectivity index (χ3n) is 0.953. The molecule has 0 rings (SSSR count). The van der Waals surface area contributed by atoms with E-state index in [1.807, 2.05) is 0 Å². The molecule has 0 atom stereocenters. The van der Waals surface area contributed by atoms with Gasteiger partial charge in [-0.25, -0.2) is 8.78 Å². The van der Waals surface area contributed by atoms with Gasteiger partial charge in [-0.3, -0.25) is 0 Å². The summed E-state index contributed by atoms with van der Waals surface area (Å²) in [5.74, 6) is -2.73. The first-order valence-electron chi connectivity index (χ1n) is 3.22. The maximum atomic E-state index is 12.4. The topological polar surface area (TPSA) is 21.3 Å². The Kier molecular flexibility index (Phi) is 4.47. The Morgan fingerprint density at radius 3 is 2.50 bits per heavy atom. The van der Waals surface area contributed by atoms with Crippen LogP contribution in [-0.2, 0) is 4.74 Å². The molecule has 10 heavy (non-hydrogen) atoms. The lowest BCUT2D eigenvalue weighted by molar-refractivity contribution is -0.0710. The minimum absolute atomic E-state index is 0.326. The second kappa shape index (κ2) is 4.57. The van der Waals surface area contributed by atoms with Gasteiger partial charge in [-0.1, -0.05) is 0 Å². The molecule has 0 aliphatic heterocycles. The molecule has 0 aliphatic carbocycles. The minimum atomic E-state index is -2.73. The SMILES string of the molecule is CCOCC(F)(F)CNC. The number of hydrogen-bond acceptors (Lipinski definition) is 2. The van der Waals surface area contributed by atoms with Crippen LogP contribution in [0.15, 0.2) is 0 Å². The smallest absolute Gasteiger partial charge is 0.283 e. The molecule has 0 bridgehead atoms. The van der Waals surface area contributed by atoms with Crippen LogP contribution < -0.4 is 5.32 Å². The molecule has 0 fully saturated rings. The summed E-state index contributed by atoms with van der Waals surface area (Å²) in [6.07, 6.45) is 0. The van der Waals surface area contributed by atoms with Crippen molar-refractivity contribution < 1.29 is 13.5 Å². The van der Waals surface area contributed by atoms with Crippen molar-refractivity contribution in [3.8, 4) is 0 Å². The van der Waals surface area contributed by atoms with Crippen molar-refractivity contribution in [2.75, 3.05) is 26.8 Å². The van der Waals surface area contributed by atoms with Gasteiger partial charge in [-0.15, -0.1) is 0 Å². The summed E-state index contributed by atoms with van der Waals surface area (Å²) in [5, 5.41) is 2.39. The van der Waals surface area contributed by atoms with Gasteiger partial charge in [-0.05, 0) is 14.0 Å². The summed E-state index contributed by atoms with van der Waals surface area (Å²) in [6.45, 7) is 1.20. The predicted molar refractivity (Wildman–Crippen MR) is 35.4 cm³/mol. The average molecular weight is 153 g/mol. The van der Waals surface area contributed by atoms with Crippen LogP contribution in [0, 0.1) is 0 Å². The Balaban J connectivity index is 3.42. The summed E-state index contributed by atoms with van der Waals surface area (Å²) in [7, 11) is 1.49. The standard InChI is InChI=1S/C6H13F2NO/c1-3-10-5-6(7,8)4-9-2/h9H,3-5H2,1-2H3. The zero-order chi connectivity index (χ0) is 8.04. The molecule has 4 heteroatoms. The van der Waals surface area contributed by atoms with Gasteiger partial charge in [0.25, 0.3) is 5.92 Å². The highest BCUT2D eigenvalue weighted by Crippen LogP contribution is 2.11. The van der Waals surface area contributed by atoms with Gasteiger partial charge in [0.1, 0.15) is 6.61 Å². The minimum Gasteiger partial charge on any atom is -0.375 e. The Morgan fingerprint density at radius 2 is 2.10 bits per heavy atom. The van der Waals surface area contributed by atoms with E-state index in [1.54, 1.807) is 6.92 Å².